The maximum Gasteiger partial charge on any atom is 0.240 e. The summed E-state index contributed by atoms with van der Waals surface area (Å²) >= 11 is 0. The minimum atomic E-state index is -3.51. The molecule has 0 unspecified atom stereocenters. The van der Waals surface area contributed by atoms with Gasteiger partial charge in [-0.25, -0.2) is 13.1 Å². The molecule has 2 aromatic rings. The molecule has 0 saturated carbocycles. The van der Waals surface area contributed by atoms with E-state index in [1.54, 1.807) is 19.2 Å². The molecule has 0 aliphatic heterocycles. The third-order valence-electron chi connectivity index (χ3n) is 4.25. The van der Waals surface area contributed by atoms with Crippen molar-refractivity contribution in [3.63, 3.8) is 0 Å². The molecule has 5 nitrogen and oxygen atoms in total. The molecule has 6 heteroatoms. The second-order valence-electron chi connectivity index (χ2n) is 6.57. The molecule has 0 aliphatic carbocycles. The molecule has 26 heavy (non-hydrogen) atoms. The normalized spacial score (nSPS) is 11.7. The molecule has 2 aromatic carbocycles. The van der Waals surface area contributed by atoms with Gasteiger partial charge in [0.1, 0.15) is 5.75 Å². The molecular weight excluding hydrogens is 348 g/mol. The van der Waals surface area contributed by atoms with Crippen LogP contribution in [0.4, 0.5) is 0 Å². The summed E-state index contributed by atoms with van der Waals surface area (Å²) in [5, 5.41) is 0. The van der Waals surface area contributed by atoms with Crippen molar-refractivity contribution in [3.05, 3.63) is 59.2 Å². The Morgan fingerprint density at radius 2 is 1.69 bits per heavy atom. The highest BCUT2D eigenvalue weighted by molar-refractivity contribution is 7.89. The number of aryl methyl sites for hydroxylation is 2. The van der Waals surface area contributed by atoms with Crippen LogP contribution >= 0.6 is 0 Å². The number of benzene rings is 2. The van der Waals surface area contributed by atoms with E-state index in [9.17, 15) is 8.42 Å². The quantitative estimate of drug-likeness (QED) is 0.683. The molecule has 0 amide bonds. The van der Waals surface area contributed by atoms with Crippen molar-refractivity contribution < 1.29 is 13.2 Å². The van der Waals surface area contributed by atoms with Crippen LogP contribution in [0.2, 0.25) is 0 Å². The Morgan fingerprint density at radius 3 is 2.27 bits per heavy atom. The first kappa shape index (κ1) is 20.4. The summed E-state index contributed by atoms with van der Waals surface area (Å²) in [5.74, 6) is 0.728. The van der Waals surface area contributed by atoms with Crippen molar-refractivity contribution in [1.29, 1.82) is 0 Å². The molecule has 0 spiro atoms. The smallest absolute Gasteiger partial charge is 0.240 e. The molecule has 0 saturated heterocycles. The fourth-order valence-corrected chi connectivity index (χ4v) is 4.24. The number of hydrogen-bond acceptors (Lipinski definition) is 4. The van der Waals surface area contributed by atoms with E-state index >= 15 is 0 Å². The maximum absolute atomic E-state index is 12.5. The van der Waals surface area contributed by atoms with E-state index in [4.69, 9.17) is 4.74 Å². The van der Waals surface area contributed by atoms with Crippen molar-refractivity contribution in [2.45, 2.75) is 31.7 Å². The van der Waals surface area contributed by atoms with Gasteiger partial charge in [-0.3, -0.25) is 0 Å². The van der Waals surface area contributed by atoms with Gasteiger partial charge in [-0.1, -0.05) is 30.3 Å². The lowest BCUT2D eigenvalue weighted by Crippen LogP contribution is -2.28. The molecule has 1 N–H and O–H groups in total. The summed E-state index contributed by atoms with van der Waals surface area (Å²) in [7, 11) is 0.119. The summed E-state index contributed by atoms with van der Waals surface area (Å²) in [5.41, 5.74) is 2.88. The Labute approximate surface area is 157 Å². The second kappa shape index (κ2) is 9.16. The van der Waals surface area contributed by atoms with E-state index in [-0.39, 0.29) is 4.90 Å². The lowest BCUT2D eigenvalue weighted by atomic mass is 10.1. The topological polar surface area (TPSA) is 58.6 Å². The van der Waals surface area contributed by atoms with Gasteiger partial charge in [0.25, 0.3) is 0 Å². The van der Waals surface area contributed by atoms with Gasteiger partial charge in [0.05, 0.1) is 12.0 Å². The third-order valence-corrected chi connectivity index (χ3v) is 5.69. The Morgan fingerprint density at radius 1 is 1.08 bits per heavy atom. The zero-order chi connectivity index (χ0) is 19.2. The molecule has 0 radical (unpaired) electrons. The number of nitrogens with zero attached hydrogens (tertiary/aromatic N) is 1. The van der Waals surface area contributed by atoms with Crippen molar-refractivity contribution >= 4 is 10.0 Å². The zero-order valence-electron chi connectivity index (χ0n) is 16.0. The van der Waals surface area contributed by atoms with Gasteiger partial charge in [-0.05, 0) is 62.7 Å². The van der Waals surface area contributed by atoms with Gasteiger partial charge in [0, 0.05) is 13.1 Å². The van der Waals surface area contributed by atoms with E-state index in [0.29, 0.717) is 6.54 Å². The molecule has 0 atom stereocenters. The van der Waals surface area contributed by atoms with Gasteiger partial charge < -0.3 is 9.64 Å². The van der Waals surface area contributed by atoms with Crippen LogP contribution in [0, 0.1) is 13.8 Å². The number of methoxy groups -OCH3 is 1. The maximum atomic E-state index is 12.5. The molecule has 2 rings (SSSR count). The van der Waals surface area contributed by atoms with Crippen LogP contribution in [0.15, 0.2) is 47.4 Å². The predicted molar refractivity (Wildman–Crippen MR) is 105 cm³/mol. The van der Waals surface area contributed by atoms with Crippen LogP contribution in [0.1, 0.15) is 23.1 Å². The predicted octanol–water partition coefficient (Wildman–Crippen LogP) is 3.11. The molecule has 142 valence electrons. The van der Waals surface area contributed by atoms with E-state index in [2.05, 4.69) is 21.8 Å². The third kappa shape index (κ3) is 5.56. The first-order valence-corrected chi connectivity index (χ1v) is 10.2. The fraction of sp³-hybridized carbons (Fsp3) is 0.400. The highest BCUT2D eigenvalue weighted by atomic mass is 32.2. The highest BCUT2D eigenvalue weighted by Crippen LogP contribution is 2.26. The van der Waals surface area contributed by atoms with E-state index in [1.165, 1.54) is 5.56 Å². The van der Waals surface area contributed by atoms with Crippen molar-refractivity contribution in [2.24, 2.45) is 0 Å². The summed E-state index contributed by atoms with van der Waals surface area (Å²) < 4.78 is 33.0. The Bertz CT molecular complexity index is 797. The van der Waals surface area contributed by atoms with Crippen LogP contribution in [0.3, 0.4) is 0 Å². The molecule has 0 aliphatic rings. The first-order chi connectivity index (χ1) is 12.3. The lowest BCUT2D eigenvalue weighted by Gasteiger charge is -2.17. The summed E-state index contributed by atoms with van der Waals surface area (Å²) in [6.07, 6.45) is 0.747. The van der Waals surface area contributed by atoms with Crippen LogP contribution in [-0.2, 0) is 16.6 Å². The van der Waals surface area contributed by atoms with Crippen molar-refractivity contribution in [3.8, 4) is 5.75 Å². The van der Waals surface area contributed by atoms with Gasteiger partial charge in [0.2, 0.25) is 10.0 Å². The first-order valence-electron chi connectivity index (χ1n) is 8.71. The molecule has 0 fully saturated rings. The van der Waals surface area contributed by atoms with Crippen LogP contribution in [0.25, 0.3) is 0 Å². The minimum Gasteiger partial charge on any atom is -0.496 e. The molecule has 0 heterocycles. The van der Waals surface area contributed by atoms with Gasteiger partial charge in [-0.15, -0.1) is 0 Å². The summed E-state index contributed by atoms with van der Waals surface area (Å²) in [6.45, 7) is 5.78. The largest absolute Gasteiger partial charge is 0.496 e. The summed E-state index contributed by atoms with van der Waals surface area (Å²) in [4.78, 5) is 2.47. The Hall–Kier alpha value is -1.89. The van der Waals surface area contributed by atoms with Crippen molar-refractivity contribution in [1.82, 2.24) is 9.62 Å². The van der Waals surface area contributed by atoms with E-state index in [1.807, 2.05) is 39.1 Å². The minimum absolute atomic E-state index is 0.283. The molecule has 0 aromatic heterocycles. The van der Waals surface area contributed by atoms with Gasteiger partial charge in [-0.2, -0.15) is 0 Å². The van der Waals surface area contributed by atoms with Crippen LogP contribution < -0.4 is 9.46 Å². The SMILES string of the molecule is COc1c(C)cc(S(=O)(=O)NCCCN(C)Cc2ccccc2)cc1C. The molecule has 0 bridgehead atoms. The molecular formula is C20H28N2O3S. The number of rotatable bonds is 9. The monoisotopic (exact) mass is 376 g/mol. The standard InChI is InChI=1S/C20H28N2O3S/c1-16-13-19(14-17(2)20(16)25-4)26(23,24)21-11-8-12-22(3)15-18-9-6-5-7-10-18/h5-7,9-10,13-14,21H,8,11-12,15H2,1-4H3. The second-order valence-corrected chi connectivity index (χ2v) is 8.33. The van der Waals surface area contributed by atoms with Gasteiger partial charge in [0.15, 0.2) is 0 Å². The summed E-state index contributed by atoms with van der Waals surface area (Å²) in [6, 6.07) is 13.5. The van der Waals surface area contributed by atoms with Gasteiger partial charge >= 0.3 is 0 Å². The fourth-order valence-electron chi connectivity index (χ4n) is 3.00. The highest BCUT2D eigenvalue weighted by Gasteiger charge is 2.16. The average molecular weight is 377 g/mol. The van der Waals surface area contributed by atoms with E-state index in [0.717, 1.165) is 36.4 Å². The average Bonchev–Trinajstić information content (AvgIpc) is 2.59. The number of nitrogens with one attached hydrogen (secondary N) is 1. The van der Waals surface area contributed by atoms with Crippen molar-refractivity contribution in [2.75, 3.05) is 27.2 Å². The lowest BCUT2D eigenvalue weighted by molar-refractivity contribution is 0.322. The Balaban J connectivity index is 1.86. The Kier molecular flexibility index (Phi) is 7.20. The van der Waals surface area contributed by atoms with Crippen LogP contribution in [0.5, 0.6) is 5.75 Å². The van der Waals surface area contributed by atoms with Crippen LogP contribution in [-0.4, -0.2) is 40.6 Å². The number of ether oxygens (including phenoxy) is 1. The zero-order valence-corrected chi connectivity index (χ0v) is 16.8. The number of sulfonamides is 1. The van der Waals surface area contributed by atoms with E-state index < -0.39 is 10.0 Å². The number of hydrogen-bond donors (Lipinski definition) is 1.